The predicted molar refractivity (Wildman–Crippen MR) is 62.8 cm³/mol. The number of benzene rings is 1. The minimum Gasteiger partial charge on any atom is -0.387 e. The van der Waals surface area contributed by atoms with Crippen molar-refractivity contribution in [3.63, 3.8) is 0 Å². The molecule has 1 aromatic rings. The highest BCUT2D eigenvalue weighted by molar-refractivity contribution is 5.80. The maximum absolute atomic E-state index is 13.3. The molecule has 3 N–H and O–H groups in total. The van der Waals surface area contributed by atoms with Gasteiger partial charge in [-0.1, -0.05) is 6.07 Å². The highest BCUT2D eigenvalue weighted by Gasteiger charge is 2.19. The van der Waals surface area contributed by atoms with Crippen molar-refractivity contribution >= 4 is 5.91 Å². The molecule has 0 heterocycles. The summed E-state index contributed by atoms with van der Waals surface area (Å²) >= 11 is 0. The van der Waals surface area contributed by atoms with Crippen molar-refractivity contribution in [2.24, 2.45) is 0 Å². The van der Waals surface area contributed by atoms with Crippen LogP contribution in [-0.4, -0.2) is 30.6 Å². The molecule has 4 nitrogen and oxygen atoms in total. The third kappa shape index (κ3) is 3.48. The fourth-order valence-corrected chi connectivity index (χ4v) is 1.53. The van der Waals surface area contributed by atoms with Crippen molar-refractivity contribution in [2.45, 2.75) is 19.1 Å². The fourth-order valence-electron chi connectivity index (χ4n) is 1.53. The number of halogens is 2. The van der Waals surface area contributed by atoms with Crippen LogP contribution in [0.3, 0.4) is 0 Å². The second kappa shape index (κ2) is 6.42. The number of aliphatic hydroxyl groups excluding tert-OH is 1. The van der Waals surface area contributed by atoms with Crippen molar-refractivity contribution in [2.75, 3.05) is 13.6 Å². The van der Waals surface area contributed by atoms with E-state index in [0.29, 0.717) is 0 Å². The summed E-state index contributed by atoms with van der Waals surface area (Å²) in [6.07, 6.45) is -1.35. The van der Waals surface area contributed by atoms with E-state index in [1.807, 2.05) is 0 Å². The van der Waals surface area contributed by atoms with Crippen molar-refractivity contribution in [3.05, 3.63) is 35.4 Å². The average Bonchev–Trinajstić information content (AvgIpc) is 2.34. The number of hydrogen-bond acceptors (Lipinski definition) is 3. The zero-order chi connectivity index (χ0) is 13.7. The highest BCUT2D eigenvalue weighted by Crippen LogP contribution is 2.19. The summed E-state index contributed by atoms with van der Waals surface area (Å²) in [6, 6.07) is 2.81. The first-order chi connectivity index (χ1) is 8.47. The quantitative estimate of drug-likeness (QED) is 0.729. The van der Waals surface area contributed by atoms with Crippen molar-refractivity contribution < 1.29 is 18.7 Å². The SMILES string of the molecule is CNC(=O)C(C)NCC(O)c1c(F)cccc1F. The molecule has 1 rings (SSSR count). The normalized spacial score (nSPS) is 14.1. The molecule has 0 saturated heterocycles. The largest absolute Gasteiger partial charge is 0.387 e. The van der Waals surface area contributed by atoms with E-state index in [1.165, 1.54) is 13.1 Å². The zero-order valence-corrected chi connectivity index (χ0v) is 10.2. The van der Waals surface area contributed by atoms with Crippen molar-refractivity contribution in [1.29, 1.82) is 0 Å². The smallest absolute Gasteiger partial charge is 0.236 e. The number of rotatable bonds is 5. The number of hydrogen-bond donors (Lipinski definition) is 3. The Morgan fingerprint density at radius 2 is 1.94 bits per heavy atom. The van der Waals surface area contributed by atoms with Gasteiger partial charge in [-0.25, -0.2) is 8.78 Å². The molecule has 0 spiro atoms. The van der Waals surface area contributed by atoms with Crippen LogP contribution in [0.1, 0.15) is 18.6 Å². The molecule has 0 aliphatic rings. The molecular weight excluding hydrogens is 242 g/mol. The number of amides is 1. The summed E-state index contributed by atoms with van der Waals surface area (Å²) in [5.41, 5.74) is -0.394. The van der Waals surface area contributed by atoms with Gasteiger partial charge in [0.25, 0.3) is 0 Å². The third-order valence-corrected chi connectivity index (χ3v) is 2.59. The summed E-state index contributed by atoms with van der Waals surface area (Å²) < 4.78 is 26.7. The Morgan fingerprint density at radius 1 is 1.39 bits per heavy atom. The molecule has 0 aromatic heterocycles. The monoisotopic (exact) mass is 258 g/mol. The topological polar surface area (TPSA) is 61.4 Å². The van der Waals surface area contributed by atoms with E-state index >= 15 is 0 Å². The molecule has 0 fully saturated rings. The van der Waals surface area contributed by atoms with Gasteiger partial charge in [-0.3, -0.25) is 4.79 Å². The molecule has 0 bridgehead atoms. The molecule has 0 aliphatic heterocycles. The summed E-state index contributed by atoms with van der Waals surface area (Å²) in [5, 5.41) is 14.8. The molecule has 0 aliphatic carbocycles. The maximum Gasteiger partial charge on any atom is 0.236 e. The molecule has 1 aromatic carbocycles. The maximum atomic E-state index is 13.3. The van der Waals surface area contributed by atoms with E-state index < -0.39 is 29.3 Å². The van der Waals surface area contributed by atoms with Crippen LogP contribution in [0.15, 0.2) is 18.2 Å². The second-order valence-corrected chi connectivity index (χ2v) is 3.90. The van der Waals surface area contributed by atoms with E-state index in [9.17, 15) is 18.7 Å². The van der Waals surface area contributed by atoms with Crippen LogP contribution in [0.5, 0.6) is 0 Å². The molecular formula is C12H16F2N2O2. The van der Waals surface area contributed by atoms with Crippen LogP contribution in [0.2, 0.25) is 0 Å². The molecule has 2 unspecified atom stereocenters. The lowest BCUT2D eigenvalue weighted by molar-refractivity contribution is -0.122. The van der Waals surface area contributed by atoms with E-state index in [-0.39, 0.29) is 12.5 Å². The average molecular weight is 258 g/mol. The standard InChI is InChI=1S/C12H16F2N2O2/c1-7(12(18)15-2)16-6-10(17)11-8(13)4-3-5-9(11)14/h3-5,7,10,16-17H,6H2,1-2H3,(H,15,18). The Bertz CT molecular complexity index is 406. The van der Waals surface area contributed by atoms with Gasteiger partial charge in [0.2, 0.25) is 5.91 Å². The van der Waals surface area contributed by atoms with Crippen LogP contribution in [0.4, 0.5) is 8.78 Å². The number of aliphatic hydroxyl groups is 1. The van der Waals surface area contributed by atoms with Crippen LogP contribution < -0.4 is 10.6 Å². The molecule has 100 valence electrons. The van der Waals surface area contributed by atoms with Gasteiger partial charge in [0.15, 0.2) is 0 Å². The molecule has 1 amide bonds. The number of nitrogens with one attached hydrogen (secondary N) is 2. The van der Waals surface area contributed by atoms with Crippen LogP contribution in [0, 0.1) is 11.6 Å². The molecule has 18 heavy (non-hydrogen) atoms. The Morgan fingerprint density at radius 3 is 2.44 bits per heavy atom. The third-order valence-electron chi connectivity index (χ3n) is 2.59. The van der Waals surface area contributed by atoms with Gasteiger partial charge in [0.1, 0.15) is 11.6 Å². The second-order valence-electron chi connectivity index (χ2n) is 3.90. The van der Waals surface area contributed by atoms with E-state index in [1.54, 1.807) is 6.92 Å². The highest BCUT2D eigenvalue weighted by atomic mass is 19.1. The van der Waals surface area contributed by atoms with Gasteiger partial charge in [0, 0.05) is 13.6 Å². The predicted octanol–water partition coefficient (Wildman–Crippen LogP) is 0.722. The van der Waals surface area contributed by atoms with Gasteiger partial charge >= 0.3 is 0 Å². The van der Waals surface area contributed by atoms with Gasteiger partial charge in [0.05, 0.1) is 17.7 Å². The minimum absolute atomic E-state index is 0.119. The lowest BCUT2D eigenvalue weighted by Gasteiger charge is -2.17. The Hall–Kier alpha value is -1.53. The van der Waals surface area contributed by atoms with E-state index in [2.05, 4.69) is 10.6 Å². The first kappa shape index (κ1) is 14.5. The Labute approximate surface area is 104 Å². The molecule has 2 atom stereocenters. The number of carbonyl (C=O) groups is 1. The Kier molecular flexibility index (Phi) is 5.18. The fraction of sp³-hybridized carbons (Fsp3) is 0.417. The van der Waals surface area contributed by atoms with Crippen LogP contribution in [-0.2, 0) is 4.79 Å². The lowest BCUT2D eigenvalue weighted by Crippen LogP contribution is -2.42. The summed E-state index contributed by atoms with van der Waals surface area (Å²) in [4.78, 5) is 11.2. The number of carbonyl (C=O) groups excluding carboxylic acids is 1. The lowest BCUT2D eigenvalue weighted by atomic mass is 10.1. The van der Waals surface area contributed by atoms with Crippen LogP contribution in [0.25, 0.3) is 0 Å². The zero-order valence-electron chi connectivity index (χ0n) is 10.2. The van der Waals surface area contributed by atoms with Gasteiger partial charge in [-0.15, -0.1) is 0 Å². The van der Waals surface area contributed by atoms with Crippen molar-refractivity contribution in [3.8, 4) is 0 Å². The molecule has 0 radical (unpaired) electrons. The minimum atomic E-state index is -1.35. The van der Waals surface area contributed by atoms with Gasteiger partial charge in [-0.2, -0.15) is 0 Å². The summed E-state index contributed by atoms with van der Waals surface area (Å²) in [7, 11) is 1.48. The van der Waals surface area contributed by atoms with E-state index in [4.69, 9.17) is 0 Å². The van der Waals surface area contributed by atoms with Gasteiger partial charge in [-0.05, 0) is 19.1 Å². The first-order valence-electron chi connectivity index (χ1n) is 5.54. The summed E-state index contributed by atoms with van der Waals surface area (Å²) in [5.74, 6) is -1.88. The molecule has 0 saturated carbocycles. The van der Waals surface area contributed by atoms with Crippen LogP contribution >= 0.6 is 0 Å². The Balaban J connectivity index is 2.66. The summed E-state index contributed by atoms with van der Waals surface area (Å²) in [6.45, 7) is 1.47. The van der Waals surface area contributed by atoms with Gasteiger partial charge < -0.3 is 15.7 Å². The molecule has 6 heteroatoms. The van der Waals surface area contributed by atoms with Crippen molar-refractivity contribution in [1.82, 2.24) is 10.6 Å². The number of likely N-dealkylation sites (N-methyl/N-ethyl adjacent to an activating group) is 1. The first-order valence-corrected chi connectivity index (χ1v) is 5.54. The van der Waals surface area contributed by atoms with E-state index in [0.717, 1.165) is 12.1 Å².